The smallest absolute Gasteiger partial charge is 0.0440 e. The third kappa shape index (κ3) is 2.29. The standard InChI is InChI=1S/C17H18ClN/c18-16-8-4-7-15-14(16)10-9-13(11-19)17(15)12-5-2-1-3-6-12/h1-8,13,17H,9-11,19H2. The number of nitrogens with two attached hydrogens (primary N) is 1. The van der Waals surface area contributed by atoms with Crippen molar-refractivity contribution in [2.24, 2.45) is 11.7 Å². The quantitative estimate of drug-likeness (QED) is 0.878. The van der Waals surface area contributed by atoms with Gasteiger partial charge in [-0.2, -0.15) is 0 Å². The summed E-state index contributed by atoms with van der Waals surface area (Å²) in [5.41, 5.74) is 10.0. The molecule has 0 aromatic heterocycles. The molecule has 1 aliphatic carbocycles. The molecule has 0 bridgehead atoms. The van der Waals surface area contributed by atoms with Crippen molar-refractivity contribution in [3.05, 3.63) is 70.2 Å². The van der Waals surface area contributed by atoms with Gasteiger partial charge in [0, 0.05) is 10.9 Å². The zero-order chi connectivity index (χ0) is 13.2. The van der Waals surface area contributed by atoms with Gasteiger partial charge in [-0.15, -0.1) is 0 Å². The van der Waals surface area contributed by atoms with Crippen molar-refractivity contribution in [2.45, 2.75) is 18.8 Å². The van der Waals surface area contributed by atoms with Crippen LogP contribution in [-0.4, -0.2) is 6.54 Å². The molecule has 0 aliphatic heterocycles. The highest BCUT2D eigenvalue weighted by Gasteiger charge is 2.30. The normalized spacial score (nSPS) is 22.0. The molecule has 2 N–H and O–H groups in total. The minimum absolute atomic E-state index is 0.383. The van der Waals surface area contributed by atoms with Crippen molar-refractivity contribution < 1.29 is 0 Å². The first kappa shape index (κ1) is 12.7. The molecule has 2 aromatic carbocycles. The van der Waals surface area contributed by atoms with Crippen LogP contribution in [-0.2, 0) is 6.42 Å². The summed E-state index contributed by atoms with van der Waals surface area (Å²) in [6.07, 6.45) is 2.16. The number of halogens is 1. The number of hydrogen-bond donors (Lipinski definition) is 1. The molecule has 0 radical (unpaired) electrons. The van der Waals surface area contributed by atoms with Gasteiger partial charge >= 0.3 is 0 Å². The summed E-state index contributed by atoms with van der Waals surface area (Å²) >= 11 is 6.35. The fraction of sp³-hybridized carbons (Fsp3) is 0.294. The molecule has 2 atom stereocenters. The van der Waals surface area contributed by atoms with Crippen molar-refractivity contribution in [2.75, 3.05) is 6.54 Å². The molecule has 98 valence electrons. The lowest BCUT2D eigenvalue weighted by Crippen LogP contribution is -2.28. The van der Waals surface area contributed by atoms with E-state index in [2.05, 4.69) is 42.5 Å². The molecule has 2 heteroatoms. The van der Waals surface area contributed by atoms with Crippen LogP contribution in [0.15, 0.2) is 48.5 Å². The largest absolute Gasteiger partial charge is 0.330 e. The molecule has 1 nitrogen and oxygen atoms in total. The van der Waals surface area contributed by atoms with E-state index in [-0.39, 0.29) is 0 Å². The van der Waals surface area contributed by atoms with Crippen LogP contribution >= 0.6 is 11.6 Å². The van der Waals surface area contributed by atoms with Crippen molar-refractivity contribution in [1.82, 2.24) is 0 Å². The van der Waals surface area contributed by atoms with Gasteiger partial charge in [-0.3, -0.25) is 0 Å². The van der Waals surface area contributed by atoms with Gasteiger partial charge < -0.3 is 5.73 Å². The second-order valence-electron chi connectivity index (χ2n) is 5.23. The van der Waals surface area contributed by atoms with Gasteiger partial charge in [0.1, 0.15) is 0 Å². The predicted molar refractivity (Wildman–Crippen MR) is 80.6 cm³/mol. The zero-order valence-corrected chi connectivity index (χ0v) is 11.6. The maximum absolute atomic E-state index is 6.35. The van der Waals surface area contributed by atoms with Crippen molar-refractivity contribution in [3.63, 3.8) is 0 Å². The maximum Gasteiger partial charge on any atom is 0.0440 e. The zero-order valence-electron chi connectivity index (χ0n) is 10.9. The summed E-state index contributed by atoms with van der Waals surface area (Å²) in [5, 5.41) is 0.897. The SMILES string of the molecule is NCC1CCc2c(Cl)cccc2C1c1ccccc1. The fourth-order valence-electron chi connectivity index (χ4n) is 3.25. The number of benzene rings is 2. The van der Waals surface area contributed by atoms with Gasteiger partial charge in [-0.1, -0.05) is 54.1 Å². The van der Waals surface area contributed by atoms with Crippen LogP contribution in [0, 0.1) is 5.92 Å². The first-order valence-electron chi connectivity index (χ1n) is 6.83. The molecule has 0 saturated carbocycles. The van der Waals surface area contributed by atoms with Gasteiger partial charge in [-0.25, -0.2) is 0 Å². The molecular formula is C17H18ClN. The highest BCUT2D eigenvalue weighted by atomic mass is 35.5. The lowest BCUT2D eigenvalue weighted by atomic mass is 9.72. The first-order valence-corrected chi connectivity index (χ1v) is 7.21. The molecule has 0 spiro atoms. The predicted octanol–water partition coefficient (Wildman–Crippen LogP) is 3.99. The fourth-order valence-corrected chi connectivity index (χ4v) is 3.52. The molecule has 1 aliphatic rings. The van der Waals surface area contributed by atoms with E-state index in [9.17, 15) is 0 Å². The summed E-state index contributed by atoms with van der Waals surface area (Å²) in [7, 11) is 0. The van der Waals surface area contributed by atoms with Crippen molar-refractivity contribution in [3.8, 4) is 0 Å². The molecular weight excluding hydrogens is 254 g/mol. The van der Waals surface area contributed by atoms with Crippen LogP contribution in [0.5, 0.6) is 0 Å². The average molecular weight is 272 g/mol. The number of fused-ring (bicyclic) bond motifs is 1. The molecule has 0 heterocycles. The third-order valence-corrected chi connectivity index (χ3v) is 4.54. The molecule has 2 aromatic rings. The molecule has 2 unspecified atom stereocenters. The molecule has 0 amide bonds. The van der Waals surface area contributed by atoms with Crippen LogP contribution in [0.4, 0.5) is 0 Å². The Bertz CT molecular complexity index is 565. The van der Waals surface area contributed by atoms with E-state index in [4.69, 9.17) is 17.3 Å². The topological polar surface area (TPSA) is 26.0 Å². The van der Waals surface area contributed by atoms with E-state index in [0.717, 1.165) is 24.4 Å². The van der Waals surface area contributed by atoms with Gasteiger partial charge in [0.15, 0.2) is 0 Å². The lowest BCUT2D eigenvalue weighted by molar-refractivity contribution is 0.419. The Kier molecular flexibility index (Phi) is 3.58. The third-order valence-electron chi connectivity index (χ3n) is 4.19. The molecule has 0 saturated heterocycles. The summed E-state index contributed by atoms with van der Waals surface area (Å²) in [4.78, 5) is 0. The molecule has 3 rings (SSSR count). The van der Waals surface area contributed by atoms with E-state index in [1.54, 1.807) is 0 Å². The van der Waals surface area contributed by atoms with E-state index < -0.39 is 0 Å². The van der Waals surface area contributed by atoms with Crippen LogP contribution in [0.3, 0.4) is 0 Å². The second kappa shape index (κ2) is 5.36. The Labute approximate surface area is 119 Å². The monoisotopic (exact) mass is 271 g/mol. The van der Waals surface area contributed by atoms with Crippen LogP contribution in [0.2, 0.25) is 5.02 Å². The van der Waals surface area contributed by atoms with Crippen LogP contribution < -0.4 is 5.73 Å². The molecule has 0 fully saturated rings. The van der Waals surface area contributed by atoms with Crippen LogP contribution in [0.1, 0.15) is 29.0 Å². The lowest BCUT2D eigenvalue weighted by Gasteiger charge is -2.34. The molecule has 19 heavy (non-hydrogen) atoms. The Balaban J connectivity index is 2.13. The van der Waals surface area contributed by atoms with Gasteiger partial charge in [0.25, 0.3) is 0 Å². The Hall–Kier alpha value is -1.31. The minimum atomic E-state index is 0.383. The average Bonchev–Trinajstić information content (AvgIpc) is 2.47. The Morgan fingerprint density at radius 3 is 2.58 bits per heavy atom. The summed E-state index contributed by atoms with van der Waals surface area (Å²) in [5.74, 6) is 0.891. The number of hydrogen-bond acceptors (Lipinski definition) is 1. The van der Waals surface area contributed by atoms with Crippen molar-refractivity contribution >= 4 is 11.6 Å². The van der Waals surface area contributed by atoms with Crippen LogP contribution in [0.25, 0.3) is 0 Å². The Morgan fingerprint density at radius 2 is 1.84 bits per heavy atom. The summed E-state index contributed by atoms with van der Waals surface area (Å²) < 4.78 is 0. The van der Waals surface area contributed by atoms with Crippen molar-refractivity contribution in [1.29, 1.82) is 0 Å². The van der Waals surface area contributed by atoms with E-state index in [1.807, 2.05) is 6.07 Å². The van der Waals surface area contributed by atoms with E-state index in [0.29, 0.717) is 11.8 Å². The van der Waals surface area contributed by atoms with Gasteiger partial charge in [0.05, 0.1) is 0 Å². The first-order chi connectivity index (χ1) is 9.31. The van der Waals surface area contributed by atoms with E-state index in [1.165, 1.54) is 16.7 Å². The summed E-state index contributed by atoms with van der Waals surface area (Å²) in [6, 6.07) is 16.9. The minimum Gasteiger partial charge on any atom is -0.330 e. The van der Waals surface area contributed by atoms with E-state index >= 15 is 0 Å². The van der Waals surface area contributed by atoms with Gasteiger partial charge in [-0.05, 0) is 48.1 Å². The van der Waals surface area contributed by atoms with Gasteiger partial charge in [0.2, 0.25) is 0 Å². The Morgan fingerprint density at radius 1 is 1.05 bits per heavy atom. The summed E-state index contributed by atoms with van der Waals surface area (Å²) in [6.45, 7) is 0.728. The second-order valence-corrected chi connectivity index (χ2v) is 5.64. The maximum atomic E-state index is 6.35. The number of rotatable bonds is 2. The highest BCUT2D eigenvalue weighted by molar-refractivity contribution is 6.31. The highest BCUT2D eigenvalue weighted by Crippen LogP contribution is 2.42.